The summed E-state index contributed by atoms with van der Waals surface area (Å²) in [6, 6.07) is 8.21. The van der Waals surface area contributed by atoms with E-state index >= 15 is 0 Å². The first-order valence-corrected chi connectivity index (χ1v) is 5.10. The summed E-state index contributed by atoms with van der Waals surface area (Å²) in [5, 5.41) is 0. The van der Waals surface area contributed by atoms with Gasteiger partial charge in [-0.15, -0.1) is 0 Å². The molecule has 0 amide bonds. The summed E-state index contributed by atoms with van der Waals surface area (Å²) in [7, 11) is 0. The standard InChI is InChI=1S/C14H17N/c1-4-7-13-8-5-6-9-14(13)11-15-10-12(2)3/h4-9,11H,2,10H2,1,3H3/b7-4+,15-11?. The zero-order valence-electron chi connectivity index (χ0n) is 9.40. The van der Waals surface area contributed by atoms with Crippen molar-refractivity contribution in [2.75, 3.05) is 6.54 Å². The molecule has 15 heavy (non-hydrogen) atoms. The second kappa shape index (κ2) is 5.97. The first-order valence-electron chi connectivity index (χ1n) is 5.10. The predicted octanol–water partition coefficient (Wildman–Crippen LogP) is 3.71. The molecule has 1 rings (SSSR count). The number of allylic oxidation sites excluding steroid dienone is 1. The van der Waals surface area contributed by atoms with E-state index in [4.69, 9.17) is 0 Å². The fourth-order valence-electron chi connectivity index (χ4n) is 1.26. The van der Waals surface area contributed by atoms with Gasteiger partial charge < -0.3 is 0 Å². The highest BCUT2D eigenvalue weighted by Gasteiger charge is 1.93. The molecule has 0 atom stereocenters. The van der Waals surface area contributed by atoms with Crippen molar-refractivity contribution in [3.8, 4) is 0 Å². The molecule has 78 valence electrons. The summed E-state index contributed by atoms with van der Waals surface area (Å²) in [5.41, 5.74) is 3.43. The Labute approximate surface area is 91.9 Å². The maximum absolute atomic E-state index is 4.33. The maximum Gasteiger partial charge on any atom is 0.0594 e. The first kappa shape index (κ1) is 11.4. The van der Waals surface area contributed by atoms with Gasteiger partial charge in [0.2, 0.25) is 0 Å². The molecule has 1 nitrogen and oxygen atoms in total. The fourth-order valence-corrected chi connectivity index (χ4v) is 1.26. The van der Waals surface area contributed by atoms with E-state index in [9.17, 15) is 0 Å². The molecule has 0 aliphatic rings. The predicted molar refractivity (Wildman–Crippen MR) is 68.4 cm³/mol. The van der Waals surface area contributed by atoms with Crippen molar-refractivity contribution >= 4 is 12.3 Å². The smallest absolute Gasteiger partial charge is 0.0594 e. The number of hydrogen-bond donors (Lipinski definition) is 0. The molecule has 0 saturated heterocycles. The van der Waals surface area contributed by atoms with Gasteiger partial charge in [0.25, 0.3) is 0 Å². The van der Waals surface area contributed by atoms with Crippen molar-refractivity contribution < 1.29 is 0 Å². The number of hydrogen-bond acceptors (Lipinski definition) is 1. The molecule has 0 aromatic heterocycles. The van der Waals surface area contributed by atoms with Gasteiger partial charge in [0.1, 0.15) is 0 Å². The highest BCUT2D eigenvalue weighted by molar-refractivity contribution is 5.85. The van der Waals surface area contributed by atoms with E-state index in [0.29, 0.717) is 6.54 Å². The lowest BCUT2D eigenvalue weighted by atomic mass is 10.1. The molecule has 0 unspecified atom stereocenters. The molecule has 0 fully saturated rings. The molecule has 0 saturated carbocycles. The van der Waals surface area contributed by atoms with E-state index in [2.05, 4.69) is 29.8 Å². The maximum atomic E-state index is 4.33. The first-order chi connectivity index (χ1) is 7.24. The normalized spacial score (nSPS) is 11.3. The zero-order chi connectivity index (χ0) is 11.1. The van der Waals surface area contributed by atoms with E-state index in [1.807, 2.05) is 38.3 Å². The third-order valence-electron chi connectivity index (χ3n) is 1.93. The molecule has 0 aliphatic carbocycles. The van der Waals surface area contributed by atoms with E-state index in [-0.39, 0.29) is 0 Å². The van der Waals surface area contributed by atoms with E-state index in [1.165, 1.54) is 5.56 Å². The van der Waals surface area contributed by atoms with Crippen LogP contribution in [0.4, 0.5) is 0 Å². The average Bonchev–Trinajstić information content (AvgIpc) is 2.20. The Morgan fingerprint density at radius 1 is 1.33 bits per heavy atom. The number of aliphatic imine (C=N–C) groups is 1. The number of benzene rings is 1. The van der Waals surface area contributed by atoms with Crippen LogP contribution in [0.15, 0.2) is 47.5 Å². The Morgan fingerprint density at radius 3 is 2.60 bits per heavy atom. The summed E-state index contributed by atoms with van der Waals surface area (Å²) >= 11 is 0. The van der Waals surface area contributed by atoms with Crippen LogP contribution in [-0.4, -0.2) is 12.8 Å². The van der Waals surface area contributed by atoms with Crippen LogP contribution < -0.4 is 0 Å². The molecule has 0 N–H and O–H groups in total. The van der Waals surface area contributed by atoms with Gasteiger partial charge in [-0.2, -0.15) is 0 Å². The van der Waals surface area contributed by atoms with E-state index < -0.39 is 0 Å². The van der Waals surface area contributed by atoms with Gasteiger partial charge >= 0.3 is 0 Å². The van der Waals surface area contributed by atoms with Gasteiger partial charge in [-0.05, 0) is 25.0 Å². The van der Waals surface area contributed by atoms with E-state index in [1.54, 1.807) is 0 Å². The average molecular weight is 199 g/mol. The third-order valence-corrected chi connectivity index (χ3v) is 1.93. The van der Waals surface area contributed by atoms with Crippen LogP contribution in [0, 0.1) is 0 Å². The largest absolute Gasteiger partial charge is 0.288 e. The second-order valence-corrected chi connectivity index (χ2v) is 3.56. The summed E-state index contributed by atoms with van der Waals surface area (Å²) < 4.78 is 0. The minimum absolute atomic E-state index is 0.699. The molecule has 0 heterocycles. The van der Waals surface area contributed by atoms with Crippen molar-refractivity contribution in [3.05, 3.63) is 53.6 Å². The fraction of sp³-hybridized carbons (Fsp3) is 0.214. The van der Waals surface area contributed by atoms with Crippen molar-refractivity contribution in [1.29, 1.82) is 0 Å². The Morgan fingerprint density at radius 2 is 2.00 bits per heavy atom. The van der Waals surface area contributed by atoms with Crippen LogP contribution >= 0.6 is 0 Å². The molecule has 0 spiro atoms. The summed E-state index contributed by atoms with van der Waals surface area (Å²) in [5.74, 6) is 0. The summed E-state index contributed by atoms with van der Waals surface area (Å²) in [6.45, 7) is 8.51. The molecule has 1 heteroatoms. The second-order valence-electron chi connectivity index (χ2n) is 3.56. The van der Waals surface area contributed by atoms with Crippen LogP contribution in [-0.2, 0) is 0 Å². The SMILES string of the molecule is C=C(C)CN=Cc1ccccc1/C=C/C. The minimum atomic E-state index is 0.699. The van der Waals surface area contributed by atoms with Crippen LogP contribution in [0.5, 0.6) is 0 Å². The lowest BCUT2D eigenvalue weighted by Crippen LogP contribution is -1.88. The molecule has 0 radical (unpaired) electrons. The van der Waals surface area contributed by atoms with Crippen LogP contribution in [0.3, 0.4) is 0 Å². The van der Waals surface area contributed by atoms with Crippen molar-refractivity contribution in [2.24, 2.45) is 4.99 Å². The van der Waals surface area contributed by atoms with Gasteiger partial charge in [0.15, 0.2) is 0 Å². The molecule has 0 aliphatic heterocycles. The lowest BCUT2D eigenvalue weighted by molar-refractivity contribution is 1.15. The van der Waals surface area contributed by atoms with Crippen molar-refractivity contribution in [1.82, 2.24) is 0 Å². The Hall–Kier alpha value is -1.63. The monoisotopic (exact) mass is 199 g/mol. The van der Waals surface area contributed by atoms with Gasteiger partial charge in [-0.3, -0.25) is 4.99 Å². The number of nitrogens with zero attached hydrogens (tertiary/aromatic N) is 1. The highest BCUT2D eigenvalue weighted by Crippen LogP contribution is 2.08. The van der Waals surface area contributed by atoms with Gasteiger partial charge in [0.05, 0.1) is 6.54 Å². The van der Waals surface area contributed by atoms with Crippen molar-refractivity contribution in [3.63, 3.8) is 0 Å². The molecule has 1 aromatic rings. The van der Waals surface area contributed by atoms with Crippen LogP contribution in [0.25, 0.3) is 6.08 Å². The van der Waals surface area contributed by atoms with Gasteiger partial charge in [-0.25, -0.2) is 0 Å². The Balaban J connectivity index is 2.84. The third kappa shape index (κ3) is 3.94. The molecule has 0 bridgehead atoms. The van der Waals surface area contributed by atoms with Crippen molar-refractivity contribution in [2.45, 2.75) is 13.8 Å². The molecule has 1 aromatic carbocycles. The lowest BCUT2D eigenvalue weighted by Gasteiger charge is -1.99. The summed E-state index contributed by atoms with van der Waals surface area (Å²) in [6.07, 6.45) is 6.03. The van der Waals surface area contributed by atoms with Gasteiger partial charge in [-0.1, -0.05) is 48.6 Å². The highest BCUT2D eigenvalue weighted by atomic mass is 14.7. The zero-order valence-corrected chi connectivity index (χ0v) is 9.40. The molecular formula is C14H17N. The minimum Gasteiger partial charge on any atom is -0.288 e. The quantitative estimate of drug-likeness (QED) is 0.517. The molecular weight excluding hydrogens is 182 g/mol. The van der Waals surface area contributed by atoms with Crippen LogP contribution in [0.1, 0.15) is 25.0 Å². The summed E-state index contributed by atoms with van der Waals surface area (Å²) in [4.78, 5) is 4.33. The Kier molecular flexibility index (Phi) is 4.55. The topological polar surface area (TPSA) is 12.4 Å². The van der Waals surface area contributed by atoms with E-state index in [0.717, 1.165) is 11.1 Å². The number of rotatable bonds is 4. The van der Waals surface area contributed by atoms with Crippen LogP contribution in [0.2, 0.25) is 0 Å². The van der Waals surface area contributed by atoms with Gasteiger partial charge in [0, 0.05) is 6.21 Å². The Bertz CT molecular complexity index is 386.